The third kappa shape index (κ3) is 6.46. The number of ether oxygens (including phenoxy) is 1. The largest absolute Gasteiger partial charge is 0.455 e. The molecule has 2 heterocycles. The zero-order valence-corrected chi connectivity index (χ0v) is 18.8. The second-order valence-corrected chi connectivity index (χ2v) is 8.10. The van der Waals surface area contributed by atoms with Gasteiger partial charge in [0.1, 0.15) is 5.82 Å². The van der Waals surface area contributed by atoms with Gasteiger partial charge in [0.25, 0.3) is 11.8 Å². The number of pyridine rings is 1. The molecule has 182 valence electrons. The van der Waals surface area contributed by atoms with Crippen LogP contribution in [0.15, 0.2) is 42.6 Å². The van der Waals surface area contributed by atoms with E-state index in [4.69, 9.17) is 4.74 Å². The summed E-state index contributed by atoms with van der Waals surface area (Å²) in [6, 6.07) is 8.64. The van der Waals surface area contributed by atoms with E-state index in [2.05, 4.69) is 10.3 Å². The summed E-state index contributed by atoms with van der Waals surface area (Å²) >= 11 is 0. The molecule has 8 nitrogen and oxygen atoms in total. The van der Waals surface area contributed by atoms with Crippen molar-refractivity contribution in [1.82, 2.24) is 9.88 Å². The fourth-order valence-corrected chi connectivity index (χ4v) is 3.49. The van der Waals surface area contributed by atoms with Crippen LogP contribution in [0.5, 0.6) is 0 Å². The average molecular weight is 478 g/mol. The molecule has 34 heavy (non-hydrogen) atoms. The molecule has 0 bridgehead atoms. The Kier molecular flexibility index (Phi) is 7.75. The van der Waals surface area contributed by atoms with Crippen molar-refractivity contribution in [3.8, 4) is 0 Å². The lowest BCUT2D eigenvalue weighted by atomic mass is 9.97. The SMILES string of the molecule is CN(C)C(=O)c1ccc(NC(=O)COC(=O)C2CCN(c3ccc(C(F)(F)F)cn3)CC2)cc1. The number of benzene rings is 1. The smallest absolute Gasteiger partial charge is 0.417 e. The zero-order valence-electron chi connectivity index (χ0n) is 18.8. The van der Waals surface area contributed by atoms with Crippen molar-refractivity contribution in [3.63, 3.8) is 0 Å². The van der Waals surface area contributed by atoms with Gasteiger partial charge < -0.3 is 19.9 Å². The zero-order chi connectivity index (χ0) is 24.9. The summed E-state index contributed by atoms with van der Waals surface area (Å²) in [5, 5.41) is 2.60. The Balaban J connectivity index is 1.42. The molecule has 3 rings (SSSR count). The molecule has 1 aromatic heterocycles. The summed E-state index contributed by atoms with van der Waals surface area (Å²) in [7, 11) is 3.28. The second-order valence-electron chi connectivity index (χ2n) is 8.10. The molecule has 1 aromatic carbocycles. The van der Waals surface area contributed by atoms with Crippen LogP contribution in [0.2, 0.25) is 0 Å². The summed E-state index contributed by atoms with van der Waals surface area (Å²) < 4.78 is 43.2. The molecule has 11 heteroatoms. The van der Waals surface area contributed by atoms with Crippen molar-refractivity contribution in [2.45, 2.75) is 19.0 Å². The van der Waals surface area contributed by atoms with Crippen LogP contribution in [0.4, 0.5) is 24.7 Å². The first-order valence-corrected chi connectivity index (χ1v) is 10.6. The van der Waals surface area contributed by atoms with E-state index >= 15 is 0 Å². The van der Waals surface area contributed by atoms with E-state index in [1.165, 1.54) is 11.0 Å². The summed E-state index contributed by atoms with van der Waals surface area (Å²) in [6.07, 6.45) is -2.78. The lowest BCUT2D eigenvalue weighted by molar-refractivity contribution is -0.152. The molecule has 0 unspecified atom stereocenters. The molecule has 2 aromatic rings. The highest BCUT2D eigenvalue weighted by atomic mass is 19.4. The van der Waals surface area contributed by atoms with Crippen LogP contribution >= 0.6 is 0 Å². The molecule has 0 aliphatic carbocycles. The second kappa shape index (κ2) is 10.5. The highest BCUT2D eigenvalue weighted by Gasteiger charge is 2.31. The van der Waals surface area contributed by atoms with Gasteiger partial charge in [-0.25, -0.2) is 4.98 Å². The molecule has 1 N–H and O–H groups in total. The first kappa shape index (κ1) is 25.0. The number of carbonyl (C=O) groups excluding carboxylic acids is 3. The Morgan fingerprint density at radius 2 is 1.74 bits per heavy atom. The third-order valence-electron chi connectivity index (χ3n) is 5.39. The summed E-state index contributed by atoms with van der Waals surface area (Å²) in [5.41, 5.74) is 0.131. The van der Waals surface area contributed by atoms with E-state index in [0.717, 1.165) is 12.3 Å². The van der Waals surface area contributed by atoms with Crippen LogP contribution in [-0.4, -0.2) is 61.5 Å². The first-order valence-electron chi connectivity index (χ1n) is 10.6. The minimum atomic E-state index is -4.44. The van der Waals surface area contributed by atoms with Gasteiger partial charge in [0.2, 0.25) is 0 Å². The molecule has 2 amide bonds. The number of anilines is 2. The lowest BCUT2D eigenvalue weighted by Crippen LogP contribution is -2.38. The van der Waals surface area contributed by atoms with Crippen LogP contribution in [0.1, 0.15) is 28.8 Å². The van der Waals surface area contributed by atoms with Gasteiger partial charge >= 0.3 is 12.1 Å². The van der Waals surface area contributed by atoms with Gasteiger partial charge in [0.15, 0.2) is 6.61 Å². The van der Waals surface area contributed by atoms with E-state index in [-0.39, 0.29) is 5.91 Å². The maximum Gasteiger partial charge on any atom is 0.417 e. The van der Waals surface area contributed by atoms with Crippen LogP contribution < -0.4 is 10.2 Å². The number of carbonyl (C=O) groups is 3. The van der Waals surface area contributed by atoms with Crippen molar-refractivity contribution in [3.05, 3.63) is 53.7 Å². The van der Waals surface area contributed by atoms with E-state index in [9.17, 15) is 27.6 Å². The van der Waals surface area contributed by atoms with Gasteiger partial charge in [0, 0.05) is 44.6 Å². The Labute approximate surface area is 194 Å². The van der Waals surface area contributed by atoms with Gasteiger partial charge in [-0.05, 0) is 49.2 Å². The molecule has 0 saturated carbocycles. The number of halogens is 3. The molecule has 1 aliphatic heterocycles. The number of esters is 1. The highest BCUT2D eigenvalue weighted by molar-refractivity contribution is 5.96. The van der Waals surface area contributed by atoms with E-state index in [1.807, 2.05) is 0 Å². The van der Waals surface area contributed by atoms with Crippen molar-refractivity contribution in [2.24, 2.45) is 5.92 Å². The Morgan fingerprint density at radius 1 is 1.09 bits per heavy atom. The molecule has 0 atom stereocenters. The summed E-state index contributed by atoms with van der Waals surface area (Å²) in [5.74, 6) is -1.16. The number of alkyl halides is 3. The molecule has 0 radical (unpaired) electrons. The quantitative estimate of drug-likeness (QED) is 0.642. The van der Waals surface area contributed by atoms with Gasteiger partial charge in [0.05, 0.1) is 11.5 Å². The van der Waals surface area contributed by atoms with Gasteiger partial charge in [-0.1, -0.05) is 0 Å². The fourth-order valence-electron chi connectivity index (χ4n) is 3.49. The summed E-state index contributed by atoms with van der Waals surface area (Å²) in [4.78, 5) is 43.5. The van der Waals surface area contributed by atoms with E-state index in [0.29, 0.717) is 43.0 Å². The van der Waals surface area contributed by atoms with Gasteiger partial charge in [-0.15, -0.1) is 0 Å². The monoisotopic (exact) mass is 478 g/mol. The fraction of sp³-hybridized carbons (Fsp3) is 0.391. The lowest BCUT2D eigenvalue weighted by Gasteiger charge is -2.31. The molecular formula is C23H25F3N4O4. The normalized spacial score (nSPS) is 14.4. The Hall–Kier alpha value is -3.63. The van der Waals surface area contributed by atoms with Crippen LogP contribution in [-0.2, 0) is 20.5 Å². The third-order valence-corrected chi connectivity index (χ3v) is 5.39. The molecule has 1 saturated heterocycles. The van der Waals surface area contributed by atoms with Gasteiger partial charge in [-0.3, -0.25) is 14.4 Å². The van der Waals surface area contributed by atoms with Crippen molar-refractivity contribution < 1.29 is 32.3 Å². The van der Waals surface area contributed by atoms with Gasteiger partial charge in [-0.2, -0.15) is 13.2 Å². The predicted octanol–water partition coefficient (Wildman–Crippen LogP) is 3.20. The average Bonchev–Trinajstić information content (AvgIpc) is 2.82. The van der Waals surface area contributed by atoms with E-state index < -0.39 is 36.1 Å². The number of rotatable bonds is 6. The minimum Gasteiger partial charge on any atom is -0.455 e. The number of piperidine rings is 1. The maximum absolute atomic E-state index is 12.7. The molecule has 1 fully saturated rings. The number of nitrogens with zero attached hydrogens (tertiary/aromatic N) is 3. The highest BCUT2D eigenvalue weighted by Crippen LogP contribution is 2.30. The van der Waals surface area contributed by atoms with Crippen molar-refractivity contribution >= 4 is 29.3 Å². The number of amides is 2. The van der Waals surface area contributed by atoms with Crippen molar-refractivity contribution in [1.29, 1.82) is 0 Å². The minimum absolute atomic E-state index is 0.160. The topological polar surface area (TPSA) is 91.8 Å². The molecule has 0 spiro atoms. The van der Waals surface area contributed by atoms with Crippen molar-refractivity contribution in [2.75, 3.05) is 44.0 Å². The number of hydrogen-bond donors (Lipinski definition) is 1. The number of aromatic nitrogens is 1. The number of nitrogens with one attached hydrogen (secondary N) is 1. The number of hydrogen-bond acceptors (Lipinski definition) is 6. The Bertz CT molecular complexity index is 1020. The molecular weight excluding hydrogens is 453 g/mol. The summed E-state index contributed by atoms with van der Waals surface area (Å²) in [6.45, 7) is 0.419. The van der Waals surface area contributed by atoms with Crippen LogP contribution in [0.25, 0.3) is 0 Å². The Morgan fingerprint density at radius 3 is 2.26 bits per heavy atom. The maximum atomic E-state index is 12.7. The predicted molar refractivity (Wildman–Crippen MR) is 118 cm³/mol. The standard InChI is InChI=1S/C23H25F3N4O4/c1-29(2)21(32)15-3-6-18(7-4-15)28-20(31)14-34-22(33)16-9-11-30(12-10-16)19-8-5-17(13-27-19)23(24,25)26/h3-8,13,16H,9-12,14H2,1-2H3,(H,28,31). The first-order chi connectivity index (χ1) is 16.0. The molecule has 1 aliphatic rings. The van der Waals surface area contributed by atoms with Crippen LogP contribution in [0.3, 0.4) is 0 Å². The van der Waals surface area contributed by atoms with Crippen LogP contribution in [0, 0.1) is 5.92 Å². The van der Waals surface area contributed by atoms with E-state index in [1.54, 1.807) is 43.3 Å².